The number of benzene rings is 2. The number of H-pyrrole nitrogens is 1. The molecule has 0 spiro atoms. The smallest absolute Gasteiger partial charge is 0.330 e. The van der Waals surface area contributed by atoms with Crippen LogP contribution >= 0.6 is 0 Å². The highest BCUT2D eigenvalue weighted by molar-refractivity contribution is 5.15. The summed E-state index contributed by atoms with van der Waals surface area (Å²) in [5.41, 5.74) is -1.19. The van der Waals surface area contributed by atoms with Gasteiger partial charge in [-0.2, -0.15) is 0 Å². The molecule has 34 heavy (non-hydrogen) atoms. The number of hydrogen-bond donors (Lipinski definition) is 3. The number of nitrogens with zero attached hydrogens (tertiary/aromatic N) is 1. The van der Waals surface area contributed by atoms with E-state index in [4.69, 9.17) is 14.2 Å². The van der Waals surface area contributed by atoms with Crippen LogP contribution in [0.15, 0.2) is 82.5 Å². The average molecular weight is 469 g/mol. The molecule has 4 rings (SSSR count). The zero-order valence-corrected chi connectivity index (χ0v) is 18.6. The standard InChI is InChI=1S/C25H28N2O7/c28-14-12-25(31)22(33-16-19-9-5-2-6-10-19)20(17-32-15-18-7-3-1-4-8-18)34-23(25)27-13-11-21(29)26-24(27)30/h1-11,13,20,22-23,28,31H,12,14-17H2,(H,26,29,30)/t20-,22-,23-,25-/m1/s1. The van der Waals surface area contributed by atoms with E-state index >= 15 is 0 Å². The van der Waals surface area contributed by atoms with Crippen LogP contribution in [0, 0.1) is 0 Å². The maximum Gasteiger partial charge on any atom is 0.330 e. The third kappa shape index (κ3) is 5.35. The van der Waals surface area contributed by atoms with E-state index in [9.17, 15) is 19.8 Å². The molecule has 0 bridgehead atoms. The van der Waals surface area contributed by atoms with Crippen LogP contribution in [0.25, 0.3) is 0 Å². The van der Waals surface area contributed by atoms with Crippen molar-refractivity contribution >= 4 is 0 Å². The molecule has 2 heterocycles. The summed E-state index contributed by atoms with van der Waals surface area (Å²) in [6, 6.07) is 20.2. The predicted molar refractivity (Wildman–Crippen MR) is 123 cm³/mol. The number of aromatic nitrogens is 2. The molecule has 1 aliphatic rings. The third-order valence-corrected chi connectivity index (χ3v) is 5.84. The molecule has 0 unspecified atom stereocenters. The summed E-state index contributed by atoms with van der Waals surface area (Å²) in [6.45, 7) is 0.229. The zero-order valence-electron chi connectivity index (χ0n) is 18.6. The number of hydrogen-bond acceptors (Lipinski definition) is 7. The maximum atomic E-state index is 12.5. The van der Waals surface area contributed by atoms with Gasteiger partial charge in [0.05, 0.1) is 19.8 Å². The second kappa shape index (κ2) is 10.9. The van der Waals surface area contributed by atoms with E-state index in [2.05, 4.69) is 4.98 Å². The first kappa shape index (κ1) is 24.1. The molecule has 9 nitrogen and oxygen atoms in total. The minimum absolute atomic E-state index is 0.0801. The van der Waals surface area contributed by atoms with E-state index in [1.54, 1.807) is 0 Å². The fourth-order valence-electron chi connectivity index (χ4n) is 4.19. The molecule has 1 saturated heterocycles. The van der Waals surface area contributed by atoms with E-state index in [-0.39, 0.29) is 26.2 Å². The quantitative estimate of drug-likeness (QED) is 0.410. The van der Waals surface area contributed by atoms with Crippen molar-refractivity contribution < 1.29 is 24.4 Å². The summed E-state index contributed by atoms with van der Waals surface area (Å²) in [6.07, 6.45) is -1.71. The number of aliphatic hydroxyl groups is 2. The van der Waals surface area contributed by atoms with Crippen molar-refractivity contribution in [3.63, 3.8) is 0 Å². The van der Waals surface area contributed by atoms with Gasteiger partial charge in [0.15, 0.2) is 6.23 Å². The van der Waals surface area contributed by atoms with Gasteiger partial charge in [0.1, 0.15) is 17.8 Å². The van der Waals surface area contributed by atoms with Gasteiger partial charge in [-0.15, -0.1) is 0 Å². The minimum Gasteiger partial charge on any atom is -0.396 e. The van der Waals surface area contributed by atoms with Crippen molar-refractivity contribution in [2.75, 3.05) is 13.2 Å². The van der Waals surface area contributed by atoms with E-state index < -0.39 is 35.3 Å². The van der Waals surface area contributed by atoms with Crippen LogP contribution in [-0.4, -0.2) is 50.8 Å². The van der Waals surface area contributed by atoms with Crippen LogP contribution in [0.5, 0.6) is 0 Å². The Hall–Kier alpha value is -3.08. The van der Waals surface area contributed by atoms with E-state index in [0.717, 1.165) is 15.7 Å². The first-order valence-electron chi connectivity index (χ1n) is 11.1. The fraction of sp³-hybridized carbons (Fsp3) is 0.360. The van der Waals surface area contributed by atoms with E-state index in [0.29, 0.717) is 6.61 Å². The first-order chi connectivity index (χ1) is 16.5. The SMILES string of the molecule is O=c1ccn([C@@H]2O[C@H](COCc3ccccc3)[C@@H](OCc3ccccc3)[C@]2(O)CCO)c(=O)[nH]1. The van der Waals surface area contributed by atoms with Crippen molar-refractivity contribution in [1.82, 2.24) is 9.55 Å². The molecule has 180 valence electrons. The predicted octanol–water partition coefficient (Wildman–Crippen LogP) is 1.35. The van der Waals surface area contributed by atoms with Gasteiger partial charge in [0.2, 0.25) is 0 Å². The highest BCUT2D eigenvalue weighted by atomic mass is 16.6. The topological polar surface area (TPSA) is 123 Å². The molecule has 3 N–H and O–H groups in total. The Morgan fingerprint density at radius 1 is 0.971 bits per heavy atom. The molecule has 9 heteroatoms. The minimum atomic E-state index is -1.76. The third-order valence-electron chi connectivity index (χ3n) is 5.84. The molecular formula is C25H28N2O7. The van der Waals surface area contributed by atoms with Crippen LogP contribution in [0.1, 0.15) is 23.8 Å². The van der Waals surface area contributed by atoms with Gasteiger partial charge in [-0.25, -0.2) is 4.79 Å². The lowest BCUT2D eigenvalue weighted by atomic mass is 9.90. The zero-order chi connectivity index (χ0) is 24.0. The molecule has 0 saturated carbocycles. The van der Waals surface area contributed by atoms with Gasteiger partial charge < -0.3 is 24.4 Å². The lowest BCUT2D eigenvalue weighted by molar-refractivity contribution is -0.137. The number of nitrogens with one attached hydrogen (secondary N) is 1. The number of ether oxygens (including phenoxy) is 3. The molecule has 2 aromatic carbocycles. The van der Waals surface area contributed by atoms with Crippen LogP contribution < -0.4 is 11.2 Å². The van der Waals surface area contributed by atoms with Crippen molar-refractivity contribution in [3.8, 4) is 0 Å². The molecule has 4 atom stereocenters. The maximum absolute atomic E-state index is 12.5. The largest absolute Gasteiger partial charge is 0.396 e. The highest BCUT2D eigenvalue weighted by Crippen LogP contribution is 2.42. The van der Waals surface area contributed by atoms with Gasteiger partial charge in [0.25, 0.3) is 5.56 Å². The fourth-order valence-corrected chi connectivity index (χ4v) is 4.19. The Morgan fingerprint density at radius 2 is 1.62 bits per heavy atom. The summed E-state index contributed by atoms with van der Waals surface area (Å²) >= 11 is 0. The van der Waals surface area contributed by atoms with Crippen LogP contribution in [0.3, 0.4) is 0 Å². The van der Waals surface area contributed by atoms with Gasteiger partial charge in [0, 0.05) is 25.3 Å². The monoisotopic (exact) mass is 468 g/mol. The van der Waals surface area contributed by atoms with Gasteiger partial charge >= 0.3 is 5.69 Å². The van der Waals surface area contributed by atoms with Gasteiger partial charge in [-0.05, 0) is 11.1 Å². The lowest BCUT2D eigenvalue weighted by Crippen LogP contribution is -2.51. The molecule has 0 radical (unpaired) electrons. The van der Waals surface area contributed by atoms with Crippen LogP contribution in [0.2, 0.25) is 0 Å². The summed E-state index contributed by atoms with van der Waals surface area (Å²) in [4.78, 5) is 26.2. The number of rotatable bonds is 10. The lowest BCUT2D eigenvalue weighted by Gasteiger charge is -2.33. The molecule has 1 aliphatic heterocycles. The molecule has 3 aromatic rings. The normalized spacial score (nSPS) is 24.4. The Kier molecular flexibility index (Phi) is 7.71. The van der Waals surface area contributed by atoms with E-state index in [1.807, 2.05) is 60.7 Å². The summed E-state index contributed by atoms with van der Waals surface area (Å²) < 4.78 is 19.2. The average Bonchev–Trinajstić information content (AvgIpc) is 3.10. The van der Waals surface area contributed by atoms with Gasteiger partial charge in [-0.1, -0.05) is 60.7 Å². The summed E-state index contributed by atoms with van der Waals surface area (Å²) in [7, 11) is 0. The van der Waals surface area contributed by atoms with Gasteiger partial charge in [-0.3, -0.25) is 14.3 Å². The Bertz CT molecular complexity index is 1160. The Labute approximate surface area is 196 Å². The first-order valence-corrected chi connectivity index (χ1v) is 11.1. The molecule has 0 aliphatic carbocycles. The van der Waals surface area contributed by atoms with Crippen molar-refractivity contribution in [2.45, 2.75) is 43.7 Å². The molecule has 1 aromatic heterocycles. The summed E-state index contributed by atoms with van der Waals surface area (Å²) in [5.74, 6) is 0. The number of aromatic amines is 1. The second-order valence-corrected chi connectivity index (χ2v) is 8.23. The Balaban J connectivity index is 1.60. The summed E-state index contributed by atoms with van der Waals surface area (Å²) in [5, 5.41) is 21.4. The van der Waals surface area contributed by atoms with Crippen LogP contribution in [-0.2, 0) is 27.4 Å². The molecular weight excluding hydrogens is 440 g/mol. The van der Waals surface area contributed by atoms with Crippen molar-refractivity contribution in [2.24, 2.45) is 0 Å². The highest BCUT2D eigenvalue weighted by Gasteiger charge is 2.57. The van der Waals surface area contributed by atoms with Crippen molar-refractivity contribution in [3.05, 3.63) is 105 Å². The Morgan fingerprint density at radius 3 is 2.24 bits per heavy atom. The molecule has 1 fully saturated rings. The van der Waals surface area contributed by atoms with Crippen LogP contribution in [0.4, 0.5) is 0 Å². The van der Waals surface area contributed by atoms with E-state index in [1.165, 1.54) is 12.3 Å². The molecule has 0 amide bonds. The second-order valence-electron chi connectivity index (χ2n) is 8.23. The number of aliphatic hydroxyl groups excluding tert-OH is 1. The van der Waals surface area contributed by atoms with Crippen molar-refractivity contribution in [1.29, 1.82) is 0 Å².